The van der Waals surface area contributed by atoms with Crippen LogP contribution in [-0.4, -0.2) is 23.9 Å². The lowest BCUT2D eigenvalue weighted by Gasteiger charge is -2.25. The van der Waals surface area contributed by atoms with Crippen molar-refractivity contribution in [2.45, 2.75) is 6.42 Å². The molecule has 0 saturated heterocycles. The van der Waals surface area contributed by atoms with E-state index in [1.165, 1.54) is 55.6 Å². The van der Waals surface area contributed by atoms with Crippen molar-refractivity contribution in [3.8, 4) is 44.5 Å². The molecule has 9 aromatic carbocycles. The fraction of sp³-hybridized carbons (Fsp3) is 0.0308. The summed E-state index contributed by atoms with van der Waals surface area (Å²) >= 11 is 0. The van der Waals surface area contributed by atoms with Gasteiger partial charge in [-0.1, -0.05) is 224 Å². The molecule has 1 aromatic heterocycles. The average molecular weight is 884 g/mol. The van der Waals surface area contributed by atoms with Gasteiger partial charge in [0.15, 0.2) is 11.7 Å². The van der Waals surface area contributed by atoms with Crippen molar-refractivity contribution >= 4 is 50.5 Å². The van der Waals surface area contributed by atoms with E-state index in [9.17, 15) is 0 Å². The van der Waals surface area contributed by atoms with Gasteiger partial charge in [0.2, 0.25) is 0 Å². The smallest absolute Gasteiger partial charge is 0.161 e. The van der Waals surface area contributed by atoms with E-state index in [0.717, 1.165) is 61.9 Å². The van der Waals surface area contributed by atoms with Gasteiger partial charge in [0.1, 0.15) is 11.2 Å². The molecule has 4 nitrogen and oxygen atoms in total. The first kappa shape index (κ1) is 41.4. The zero-order valence-corrected chi connectivity index (χ0v) is 37.8. The van der Waals surface area contributed by atoms with Crippen molar-refractivity contribution in [3.05, 3.63) is 277 Å². The van der Waals surface area contributed by atoms with E-state index in [4.69, 9.17) is 19.4 Å². The van der Waals surface area contributed by atoms with Gasteiger partial charge in [-0.2, -0.15) is 0 Å². The van der Waals surface area contributed by atoms with E-state index in [1.807, 2.05) is 42.5 Å². The van der Waals surface area contributed by atoms with Gasteiger partial charge >= 0.3 is 0 Å². The van der Waals surface area contributed by atoms with Gasteiger partial charge in [0.25, 0.3) is 0 Å². The number of fused-ring (bicyclic) bond motifs is 3. The molecular formula is C65H45N3O. The van der Waals surface area contributed by atoms with Crippen LogP contribution < -0.4 is 0 Å². The third-order valence-electron chi connectivity index (χ3n) is 13.1. The summed E-state index contributed by atoms with van der Waals surface area (Å²) in [4.78, 5) is 15.4. The van der Waals surface area contributed by atoms with Crippen molar-refractivity contribution in [2.24, 2.45) is 15.0 Å². The second-order valence-corrected chi connectivity index (χ2v) is 17.4. The Morgan fingerprint density at radius 1 is 0.362 bits per heavy atom. The number of amidine groups is 2. The Bertz CT molecular complexity index is 3710. The molecule has 0 bridgehead atoms. The fourth-order valence-corrected chi connectivity index (χ4v) is 9.73. The zero-order chi connectivity index (χ0) is 45.9. The summed E-state index contributed by atoms with van der Waals surface area (Å²) in [5.41, 5.74) is 19.6. The zero-order valence-electron chi connectivity index (χ0n) is 37.8. The minimum atomic E-state index is 0.398. The summed E-state index contributed by atoms with van der Waals surface area (Å²) in [6.07, 6.45) is 9.91. The Kier molecular flexibility index (Phi) is 11.0. The first-order valence-corrected chi connectivity index (χ1v) is 23.5. The number of para-hydroxylation sites is 1. The number of furan rings is 1. The highest BCUT2D eigenvalue weighted by atomic mass is 16.3. The molecule has 0 saturated carbocycles. The SMILES string of the molecule is C1=CC(c2ccc(C3=NC(c4ccc5c(c4)oc4ccccc45)=NCC(c4ccccc4)=N3)cc2)=CC=C(c2cc(-c3ccccc3)c(-c3ccccc3)c(-c3ccccc3)c2-c2ccccc2)C1. The first-order chi connectivity index (χ1) is 34.2. The van der Waals surface area contributed by atoms with Crippen molar-refractivity contribution < 1.29 is 4.42 Å². The minimum Gasteiger partial charge on any atom is -0.456 e. The van der Waals surface area contributed by atoms with Crippen LogP contribution in [0, 0.1) is 0 Å². The number of rotatable bonds is 9. The summed E-state index contributed by atoms with van der Waals surface area (Å²) < 4.78 is 6.28. The molecule has 2 aliphatic rings. The molecule has 1 aliphatic heterocycles. The maximum Gasteiger partial charge on any atom is 0.161 e. The van der Waals surface area contributed by atoms with Gasteiger partial charge in [-0.15, -0.1) is 0 Å². The third-order valence-corrected chi connectivity index (χ3v) is 13.1. The molecule has 0 amide bonds. The molecule has 69 heavy (non-hydrogen) atoms. The molecule has 1 aliphatic carbocycles. The Labute approximate surface area is 402 Å². The number of hydrogen-bond donors (Lipinski definition) is 0. The normalized spacial score (nSPS) is 13.8. The molecule has 0 fully saturated rings. The van der Waals surface area contributed by atoms with Gasteiger partial charge in [0.05, 0.1) is 12.3 Å². The highest BCUT2D eigenvalue weighted by Crippen LogP contribution is 2.49. The lowest BCUT2D eigenvalue weighted by atomic mass is 9.78. The summed E-state index contributed by atoms with van der Waals surface area (Å²) in [6, 6.07) is 79.1. The summed E-state index contributed by atoms with van der Waals surface area (Å²) in [7, 11) is 0. The summed E-state index contributed by atoms with van der Waals surface area (Å²) in [5, 5.41) is 2.16. The Morgan fingerprint density at radius 2 is 0.899 bits per heavy atom. The van der Waals surface area contributed by atoms with Crippen LogP contribution in [0.25, 0.3) is 77.6 Å². The lowest BCUT2D eigenvalue weighted by molar-refractivity contribution is 0.669. The number of benzene rings is 9. The highest BCUT2D eigenvalue weighted by Gasteiger charge is 2.25. The van der Waals surface area contributed by atoms with E-state index >= 15 is 0 Å². The number of aliphatic imine (C=N–C) groups is 3. The van der Waals surface area contributed by atoms with Crippen molar-refractivity contribution in [1.82, 2.24) is 0 Å². The number of nitrogens with zero attached hydrogens (tertiary/aromatic N) is 3. The van der Waals surface area contributed by atoms with Crippen LogP contribution in [0.2, 0.25) is 0 Å². The van der Waals surface area contributed by atoms with E-state index in [0.29, 0.717) is 18.2 Å². The fourth-order valence-electron chi connectivity index (χ4n) is 9.73. The second-order valence-electron chi connectivity index (χ2n) is 17.4. The monoisotopic (exact) mass is 883 g/mol. The molecule has 0 atom stereocenters. The molecule has 10 aromatic rings. The second kappa shape index (κ2) is 18.4. The largest absolute Gasteiger partial charge is 0.456 e. The Hall–Kier alpha value is -8.99. The van der Waals surface area contributed by atoms with Crippen LogP contribution in [0.15, 0.2) is 268 Å². The van der Waals surface area contributed by atoms with Crippen LogP contribution in [0.3, 0.4) is 0 Å². The van der Waals surface area contributed by atoms with E-state index in [-0.39, 0.29) is 0 Å². The topological polar surface area (TPSA) is 50.2 Å². The van der Waals surface area contributed by atoms with Crippen molar-refractivity contribution in [3.63, 3.8) is 0 Å². The molecule has 4 heteroatoms. The predicted molar refractivity (Wildman–Crippen MR) is 289 cm³/mol. The molecule has 0 spiro atoms. The maximum absolute atomic E-state index is 6.28. The third kappa shape index (κ3) is 8.19. The molecule has 12 rings (SSSR count). The lowest BCUT2D eigenvalue weighted by Crippen LogP contribution is -2.08. The van der Waals surface area contributed by atoms with Crippen LogP contribution in [0.5, 0.6) is 0 Å². The Morgan fingerprint density at radius 3 is 1.57 bits per heavy atom. The molecular weight excluding hydrogens is 839 g/mol. The first-order valence-electron chi connectivity index (χ1n) is 23.5. The van der Waals surface area contributed by atoms with E-state index in [2.05, 4.69) is 206 Å². The van der Waals surface area contributed by atoms with Gasteiger partial charge in [0, 0.05) is 21.9 Å². The van der Waals surface area contributed by atoms with E-state index in [1.54, 1.807) is 0 Å². The van der Waals surface area contributed by atoms with Crippen LogP contribution in [0.4, 0.5) is 0 Å². The average Bonchev–Trinajstić information content (AvgIpc) is 3.54. The number of allylic oxidation sites excluding steroid dienone is 6. The van der Waals surface area contributed by atoms with Crippen molar-refractivity contribution in [2.75, 3.05) is 6.54 Å². The number of hydrogen-bond acceptors (Lipinski definition) is 4. The molecule has 0 radical (unpaired) electrons. The Balaban J connectivity index is 0.956. The van der Waals surface area contributed by atoms with E-state index < -0.39 is 0 Å². The van der Waals surface area contributed by atoms with Gasteiger partial charge in [-0.05, 0) is 103 Å². The molecule has 0 unspecified atom stereocenters. The van der Waals surface area contributed by atoms with Gasteiger partial charge in [-0.3, -0.25) is 4.99 Å². The standard InChI is InChI=1S/C65H45N3O/c1-6-19-46(20-7-1)56-42-57(62(50-25-12-4-13-26-50)63(51-27-14-5-15-28-51)61(56)49-23-10-3-11-24-49)47-30-18-29-44(33-36-47)45-34-37-52(38-35-45)65-67-58(48-21-8-2-9-22-48)43-66-64(68-65)53-39-40-55-54-31-16-17-32-59(54)69-60(55)41-53/h1-29,31-42H,30,43H2. The summed E-state index contributed by atoms with van der Waals surface area (Å²) in [5.74, 6) is 1.24. The molecule has 2 heterocycles. The van der Waals surface area contributed by atoms with Crippen molar-refractivity contribution in [1.29, 1.82) is 0 Å². The van der Waals surface area contributed by atoms with Crippen LogP contribution >= 0.6 is 0 Å². The predicted octanol–water partition coefficient (Wildman–Crippen LogP) is 16.4. The maximum atomic E-state index is 6.28. The van der Waals surface area contributed by atoms with Crippen LogP contribution in [-0.2, 0) is 0 Å². The molecule has 326 valence electrons. The summed E-state index contributed by atoms with van der Waals surface area (Å²) in [6.45, 7) is 0.398. The van der Waals surface area contributed by atoms with Gasteiger partial charge < -0.3 is 4.42 Å². The minimum absolute atomic E-state index is 0.398. The van der Waals surface area contributed by atoms with Crippen LogP contribution in [0.1, 0.15) is 34.2 Å². The molecule has 0 N–H and O–H groups in total. The quantitative estimate of drug-likeness (QED) is 0.142. The van der Waals surface area contributed by atoms with Gasteiger partial charge in [-0.25, -0.2) is 9.98 Å². The highest BCUT2D eigenvalue weighted by molar-refractivity contribution is 6.21.